The molecule has 0 radical (unpaired) electrons. The number of carbonyl (C=O) groups is 1. The smallest absolute Gasteiger partial charge is 0.262 e. The topological polar surface area (TPSA) is 20.3 Å². The van der Waals surface area contributed by atoms with Crippen LogP contribution in [-0.4, -0.2) is 5.91 Å². The highest BCUT2D eigenvalue weighted by atomic mass is 79.9. The zero-order valence-corrected chi connectivity index (χ0v) is 15.2. The van der Waals surface area contributed by atoms with Gasteiger partial charge in [-0.15, -0.1) is 0 Å². The van der Waals surface area contributed by atoms with Gasteiger partial charge in [0, 0.05) is 10.0 Å². The van der Waals surface area contributed by atoms with Crippen LogP contribution in [-0.2, 0) is 0 Å². The highest BCUT2D eigenvalue weighted by Crippen LogP contribution is 2.35. The number of aryl methyl sites for hydroxylation is 1. The number of nitrogens with zero attached hydrogens (tertiary/aromatic N) is 1. The third-order valence-corrected chi connectivity index (χ3v) is 4.80. The van der Waals surface area contributed by atoms with Crippen molar-refractivity contribution in [1.82, 2.24) is 0 Å². The summed E-state index contributed by atoms with van der Waals surface area (Å²) < 4.78 is 0.884. The van der Waals surface area contributed by atoms with Crippen molar-refractivity contribution in [2.24, 2.45) is 0 Å². The van der Waals surface area contributed by atoms with Crippen LogP contribution in [0.5, 0.6) is 0 Å². The van der Waals surface area contributed by atoms with E-state index in [4.69, 9.17) is 0 Å². The summed E-state index contributed by atoms with van der Waals surface area (Å²) in [4.78, 5) is 15.0. The molecule has 0 atom stereocenters. The molecule has 1 amide bonds. The number of hydrogen-bond acceptors (Lipinski definition) is 1. The molecule has 3 aromatic rings. The number of rotatable bonds is 3. The number of halogens is 1. The first-order valence-corrected chi connectivity index (χ1v) is 8.59. The average molecular weight is 380 g/mol. The van der Waals surface area contributed by atoms with Crippen LogP contribution < -0.4 is 4.90 Å². The van der Waals surface area contributed by atoms with E-state index in [1.54, 1.807) is 4.90 Å². The Balaban J connectivity index is 2.20. The standard InChI is InChI=1S/C21H18BrNO/c1-15-9-8-14-19(16(15)2)23(20-13-7-6-12-18(20)22)21(24)17-10-4-3-5-11-17/h3-14H,1-2H3. The zero-order valence-electron chi connectivity index (χ0n) is 13.7. The summed E-state index contributed by atoms with van der Waals surface area (Å²) in [5.74, 6) is -0.0452. The quantitative estimate of drug-likeness (QED) is 0.542. The van der Waals surface area contributed by atoms with E-state index in [1.807, 2.05) is 73.7 Å². The van der Waals surface area contributed by atoms with Crippen molar-refractivity contribution in [3.8, 4) is 0 Å². The number of benzene rings is 3. The van der Waals surface area contributed by atoms with Gasteiger partial charge >= 0.3 is 0 Å². The lowest BCUT2D eigenvalue weighted by atomic mass is 10.1. The average Bonchev–Trinajstić information content (AvgIpc) is 2.61. The van der Waals surface area contributed by atoms with Crippen molar-refractivity contribution < 1.29 is 4.79 Å². The predicted octanol–water partition coefficient (Wildman–Crippen LogP) is 6.04. The Morgan fingerprint density at radius 3 is 2.12 bits per heavy atom. The summed E-state index contributed by atoms with van der Waals surface area (Å²) in [6, 6.07) is 23.2. The first-order chi connectivity index (χ1) is 11.6. The maximum Gasteiger partial charge on any atom is 0.262 e. The van der Waals surface area contributed by atoms with E-state index in [9.17, 15) is 4.79 Å². The van der Waals surface area contributed by atoms with E-state index in [1.165, 1.54) is 0 Å². The van der Waals surface area contributed by atoms with Crippen LogP contribution in [0.1, 0.15) is 21.5 Å². The van der Waals surface area contributed by atoms with Crippen LogP contribution >= 0.6 is 15.9 Å². The van der Waals surface area contributed by atoms with E-state index in [-0.39, 0.29) is 5.91 Å². The first kappa shape index (κ1) is 16.5. The third-order valence-electron chi connectivity index (χ3n) is 4.13. The lowest BCUT2D eigenvalue weighted by Gasteiger charge is -2.26. The van der Waals surface area contributed by atoms with Gasteiger partial charge in [-0.2, -0.15) is 0 Å². The molecule has 0 aliphatic heterocycles. The minimum absolute atomic E-state index is 0.0452. The number of anilines is 2. The molecule has 120 valence electrons. The molecule has 0 bridgehead atoms. The van der Waals surface area contributed by atoms with Crippen LogP contribution in [0.4, 0.5) is 11.4 Å². The molecule has 0 saturated carbocycles. The lowest BCUT2D eigenvalue weighted by Crippen LogP contribution is -2.27. The van der Waals surface area contributed by atoms with E-state index >= 15 is 0 Å². The molecule has 0 heterocycles. The molecule has 0 spiro atoms. The molecular formula is C21H18BrNO. The van der Waals surface area contributed by atoms with Crippen LogP contribution in [0.25, 0.3) is 0 Å². The second-order valence-corrected chi connectivity index (χ2v) is 6.53. The van der Waals surface area contributed by atoms with Crippen molar-refractivity contribution in [3.05, 3.63) is 94.0 Å². The molecule has 0 aromatic heterocycles. The summed E-state index contributed by atoms with van der Waals surface area (Å²) in [6.45, 7) is 4.11. The summed E-state index contributed by atoms with van der Waals surface area (Å²) in [6.07, 6.45) is 0. The monoisotopic (exact) mass is 379 g/mol. The van der Waals surface area contributed by atoms with Gasteiger partial charge in [-0.3, -0.25) is 9.69 Å². The van der Waals surface area contributed by atoms with Gasteiger partial charge in [-0.1, -0.05) is 42.5 Å². The van der Waals surface area contributed by atoms with Crippen LogP contribution in [0, 0.1) is 13.8 Å². The molecule has 0 unspecified atom stereocenters. The van der Waals surface area contributed by atoms with E-state index in [0.29, 0.717) is 5.56 Å². The number of hydrogen-bond donors (Lipinski definition) is 0. The largest absolute Gasteiger partial charge is 0.276 e. The Morgan fingerprint density at radius 1 is 0.792 bits per heavy atom. The van der Waals surface area contributed by atoms with E-state index in [2.05, 4.69) is 28.9 Å². The Labute approximate surface area is 150 Å². The molecule has 0 aliphatic carbocycles. The lowest BCUT2D eigenvalue weighted by molar-refractivity contribution is 0.0999. The Kier molecular flexibility index (Phi) is 4.81. The van der Waals surface area contributed by atoms with Gasteiger partial charge in [-0.25, -0.2) is 0 Å². The van der Waals surface area contributed by atoms with Gasteiger partial charge in [0.15, 0.2) is 0 Å². The van der Waals surface area contributed by atoms with Gasteiger partial charge in [-0.05, 0) is 71.2 Å². The van der Waals surface area contributed by atoms with E-state index < -0.39 is 0 Å². The van der Waals surface area contributed by atoms with E-state index in [0.717, 1.165) is 27.0 Å². The fraction of sp³-hybridized carbons (Fsp3) is 0.0952. The SMILES string of the molecule is Cc1cccc(N(C(=O)c2ccccc2)c2ccccc2Br)c1C. The normalized spacial score (nSPS) is 10.5. The fourth-order valence-electron chi connectivity index (χ4n) is 2.67. The van der Waals surface area contributed by atoms with Gasteiger partial charge in [0.05, 0.1) is 11.4 Å². The molecule has 0 saturated heterocycles. The number of para-hydroxylation sites is 1. The summed E-state index contributed by atoms with van der Waals surface area (Å²) in [7, 11) is 0. The minimum atomic E-state index is -0.0452. The summed E-state index contributed by atoms with van der Waals surface area (Å²) in [5.41, 5.74) is 4.65. The predicted molar refractivity (Wildman–Crippen MR) is 103 cm³/mol. The molecule has 0 fully saturated rings. The molecule has 0 N–H and O–H groups in total. The third kappa shape index (κ3) is 3.13. The van der Waals surface area contributed by atoms with Crippen LogP contribution in [0.2, 0.25) is 0 Å². The molecule has 24 heavy (non-hydrogen) atoms. The van der Waals surface area contributed by atoms with Crippen molar-refractivity contribution >= 4 is 33.2 Å². The Hall–Kier alpha value is -2.39. The minimum Gasteiger partial charge on any atom is -0.276 e. The van der Waals surface area contributed by atoms with Crippen molar-refractivity contribution in [2.45, 2.75) is 13.8 Å². The van der Waals surface area contributed by atoms with Gasteiger partial charge < -0.3 is 0 Å². The zero-order chi connectivity index (χ0) is 17.1. The van der Waals surface area contributed by atoms with Crippen molar-refractivity contribution in [1.29, 1.82) is 0 Å². The maximum atomic E-state index is 13.3. The van der Waals surface area contributed by atoms with Crippen LogP contribution in [0.3, 0.4) is 0 Å². The van der Waals surface area contributed by atoms with Gasteiger partial charge in [0.25, 0.3) is 5.91 Å². The molecule has 3 heteroatoms. The highest BCUT2D eigenvalue weighted by Gasteiger charge is 2.23. The van der Waals surface area contributed by atoms with Crippen LogP contribution in [0.15, 0.2) is 77.3 Å². The molecular weight excluding hydrogens is 362 g/mol. The Morgan fingerprint density at radius 2 is 1.42 bits per heavy atom. The molecule has 2 nitrogen and oxygen atoms in total. The number of amides is 1. The first-order valence-electron chi connectivity index (χ1n) is 7.80. The second-order valence-electron chi connectivity index (χ2n) is 5.68. The van der Waals surface area contributed by atoms with Gasteiger partial charge in [0.1, 0.15) is 0 Å². The molecule has 0 aliphatic rings. The maximum absolute atomic E-state index is 13.3. The summed E-state index contributed by atoms with van der Waals surface area (Å²) >= 11 is 3.58. The fourth-order valence-corrected chi connectivity index (χ4v) is 3.13. The summed E-state index contributed by atoms with van der Waals surface area (Å²) in [5, 5.41) is 0. The van der Waals surface area contributed by atoms with Gasteiger partial charge in [0.2, 0.25) is 0 Å². The molecule has 3 aromatic carbocycles. The second kappa shape index (κ2) is 7.02. The highest BCUT2D eigenvalue weighted by molar-refractivity contribution is 9.10. The van der Waals surface area contributed by atoms with Crippen molar-refractivity contribution in [2.75, 3.05) is 4.90 Å². The molecule has 3 rings (SSSR count). The number of carbonyl (C=O) groups excluding carboxylic acids is 1. The van der Waals surface area contributed by atoms with Crippen molar-refractivity contribution in [3.63, 3.8) is 0 Å². The Bertz CT molecular complexity index is 874.